The summed E-state index contributed by atoms with van der Waals surface area (Å²) in [6.45, 7) is 4.17. The van der Waals surface area contributed by atoms with Crippen molar-refractivity contribution in [1.29, 1.82) is 0 Å². The number of rotatable bonds is 3. The summed E-state index contributed by atoms with van der Waals surface area (Å²) in [4.78, 5) is 0. The van der Waals surface area contributed by atoms with Crippen LogP contribution >= 0.6 is 0 Å². The lowest BCUT2D eigenvalue weighted by Crippen LogP contribution is -2.30. The van der Waals surface area contributed by atoms with Crippen LogP contribution in [-0.2, 0) is 0 Å². The van der Waals surface area contributed by atoms with Gasteiger partial charge in [-0.15, -0.1) is 0 Å². The molecule has 18 heavy (non-hydrogen) atoms. The van der Waals surface area contributed by atoms with Gasteiger partial charge in [-0.1, -0.05) is 38.7 Å². The number of halogens is 1. The Kier molecular flexibility index (Phi) is 4.39. The Balaban J connectivity index is 2.20. The average Bonchev–Trinajstić information content (AvgIpc) is 2.36. The lowest BCUT2D eigenvalue weighted by molar-refractivity contribution is 0.196. The molecule has 3 atom stereocenters. The van der Waals surface area contributed by atoms with Crippen LogP contribution in [0, 0.1) is 24.6 Å². The molecule has 2 heteroatoms. The highest BCUT2D eigenvalue weighted by Crippen LogP contribution is 2.39. The predicted molar refractivity (Wildman–Crippen MR) is 73.8 cm³/mol. The van der Waals surface area contributed by atoms with Crippen molar-refractivity contribution < 1.29 is 4.39 Å². The molecule has 1 nitrogen and oxygen atoms in total. The van der Waals surface area contributed by atoms with E-state index in [9.17, 15) is 4.39 Å². The Morgan fingerprint density at radius 2 is 2.00 bits per heavy atom. The standard InChI is InChI=1S/C16H24FN/c1-3-12-6-4-5-7-15(12)16(18)13-8-11(2)9-14(17)10-13/h8-10,12,15-16H,3-7,18H2,1-2H3. The molecule has 2 rings (SSSR count). The van der Waals surface area contributed by atoms with E-state index in [-0.39, 0.29) is 11.9 Å². The van der Waals surface area contributed by atoms with Gasteiger partial charge in [0.25, 0.3) is 0 Å². The van der Waals surface area contributed by atoms with Crippen LogP contribution in [0.2, 0.25) is 0 Å². The minimum atomic E-state index is -0.163. The highest BCUT2D eigenvalue weighted by Gasteiger charge is 2.29. The SMILES string of the molecule is CCC1CCCCC1C(N)c1cc(C)cc(F)c1. The van der Waals surface area contributed by atoms with Crippen molar-refractivity contribution in [1.82, 2.24) is 0 Å². The number of aryl methyl sites for hydroxylation is 1. The van der Waals surface area contributed by atoms with Gasteiger partial charge in [-0.25, -0.2) is 4.39 Å². The van der Waals surface area contributed by atoms with Crippen molar-refractivity contribution in [3.63, 3.8) is 0 Å². The molecule has 0 spiro atoms. The van der Waals surface area contributed by atoms with E-state index in [1.807, 2.05) is 13.0 Å². The smallest absolute Gasteiger partial charge is 0.123 e. The molecule has 0 radical (unpaired) electrons. The summed E-state index contributed by atoms with van der Waals surface area (Å²) < 4.78 is 13.5. The van der Waals surface area contributed by atoms with Crippen molar-refractivity contribution in [2.45, 2.75) is 52.0 Å². The first-order valence-electron chi connectivity index (χ1n) is 7.14. The van der Waals surface area contributed by atoms with Crippen molar-refractivity contribution in [2.75, 3.05) is 0 Å². The van der Waals surface area contributed by atoms with E-state index >= 15 is 0 Å². The highest BCUT2D eigenvalue weighted by molar-refractivity contribution is 5.26. The van der Waals surface area contributed by atoms with E-state index in [2.05, 4.69) is 6.92 Å². The molecule has 1 aromatic rings. The van der Waals surface area contributed by atoms with Gasteiger partial charge in [0.2, 0.25) is 0 Å². The molecule has 1 saturated carbocycles. The van der Waals surface area contributed by atoms with Crippen LogP contribution < -0.4 is 5.73 Å². The van der Waals surface area contributed by atoms with E-state index in [1.165, 1.54) is 32.1 Å². The summed E-state index contributed by atoms with van der Waals surface area (Å²) in [6.07, 6.45) is 6.25. The van der Waals surface area contributed by atoms with E-state index in [4.69, 9.17) is 5.73 Å². The third-order valence-corrected chi connectivity index (χ3v) is 4.40. The molecule has 0 bridgehead atoms. The number of hydrogen-bond donors (Lipinski definition) is 1. The third kappa shape index (κ3) is 2.92. The fourth-order valence-electron chi connectivity index (χ4n) is 3.42. The molecule has 1 fully saturated rings. The number of nitrogens with two attached hydrogens (primary N) is 1. The van der Waals surface area contributed by atoms with Crippen LogP contribution in [0.1, 0.15) is 56.2 Å². The molecule has 2 N–H and O–H groups in total. The van der Waals surface area contributed by atoms with Gasteiger partial charge in [0, 0.05) is 6.04 Å². The first kappa shape index (κ1) is 13.5. The molecule has 100 valence electrons. The van der Waals surface area contributed by atoms with E-state index in [1.54, 1.807) is 12.1 Å². The molecule has 1 aliphatic rings. The summed E-state index contributed by atoms with van der Waals surface area (Å²) >= 11 is 0. The van der Waals surface area contributed by atoms with Gasteiger partial charge in [-0.3, -0.25) is 0 Å². The maximum absolute atomic E-state index is 13.5. The van der Waals surface area contributed by atoms with Gasteiger partial charge in [0.05, 0.1) is 0 Å². The molecule has 1 aromatic carbocycles. The van der Waals surface area contributed by atoms with Gasteiger partial charge in [-0.2, -0.15) is 0 Å². The average molecular weight is 249 g/mol. The molecule has 0 amide bonds. The fraction of sp³-hybridized carbons (Fsp3) is 0.625. The Bertz CT molecular complexity index is 382. The maximum Gasteiger partial charge on any atom is 0.123 e. The molecule has 1 aliphatic carbocycles. The van der Waals surface area contributed by atoms with Crippen molar-refractivity contribution in [2.24, 2.45) is 17.6 Å². The fourth-order valence-corrected chi connectivity index (χ4v) is 3.42. The monoisotopic (exact) mass is 249 g/mol. The van der Waals surface area contributed by atoms with Gasteiger partial charge >= 0.3 is 0 Å². The van der Waals surface area contributed by atoms with Crippen LogP contribution in [0.5, 0.6) is 0 Å². The maximum atomic E-state index is 13.5. The van der Waals surface area contributed by atoms with Crippen molar-refractivity contribution >= 4 is 0 Å². The van der Waals surface area contributed by atoms with Crippen molar-refractivity contribution in [3.05, 3.63) is 35.1 Å². The second-order valence-electron chi connectivity index (χ2n) is 5.70. The largest absolute Gasteiger partial charge is 0.324 e. The molecule has 3 unspecified atom stereocenters. The summed E-state index contributed by atoms with van der Waals surface area (Å²) in [7, 11) is 0. The summed E-state index contributed by atoms with van der Waals surface area (Å²) in [5, 5.41) is 0. The zero-order valence-electron chi connectivity index (χ0n) is 11.5. The topological polar surface area (TPSA) is 26.0 Å². The van der Waals surface area contributed by atoms with Gasteiger partial charge < -0.3 is 5.73 Å². The molecule has 0 saturated heterocycles. The van der Waals surface area contributed by atoms with E-state index < -0.39 is 0 Å². The summed E-state index contributed by atoms with van der Waals surface area (Å²) in [6, 6.07) is 5.20. The molecule has 0 aromatic heterocycles. The van der Waals surface area contributed by atoms with E-state index in [0.29, 0.717) is 11.8 Å². The molecular formula is C16H24FN. The Morgan fingerprint density at radius 1 is 1.28 bits per heavy atom. The quantitative estimate of drug-likeness (QED) is 0.846. The predicted octanol–water partition coefficient (Wildman–Crippen LogP) is 4.35. The summed E-state index contributed by atoms with van der Waals surface area (Å²) in [5.41, 5.74) is 8.34. The third-order valence-electron chi connectivity index (χ3n) is 4.40. The lowest BCUT2D eigenvalue weighted by atomic mass is 9.72. The Labute approximate surface area is 110 Å². The zero-order chi connectivity index (χ0) is 13.1. The van der Waals surface area contributed by atoms with Crippen LogP contribution in [0.3, 0.4) is 0 Å². The second kappa shape index (κ2) is 5.83. The molecule has 0 heterocycles. The van der Waals surface area contributed by atoms with Crippen molar-refractivity contribution in [3.8, 4) is 0 Å². The van der Waals surface area contributed by atoms with Crippen LogP contribution in [0.25, 0.3) is 0 Å². The second-order valence-corrected chi connectivity index (χ2v) is 5.70. The number of hydrogen-bond acceptors (Lipinski definition) is 1. The molecular weight excluding hydrogens is 225 g/mol. The van der Waals surface area contributed by atoms with Gasteiger partial charge in [0.1, 0.15) is 5.82 Å². The summed E-state index contributed by atoms with van der Waals surface area (Å²) in [5.74, 6) is 1.06. The van der Waals surface area contributed by atoms with Gasteiger partial charge in [0.15, 0.2) is 0 Å². The van der Waals surface area contributed by atoms with Crippen LogP contribution in [0.15, 0.2) is 18.2 Å². The Hall–Kier alpha value is -0.890. The first-order chi connectivity index (χ1) is 8.61. The highest BCUT2D eigenvalue weighted by atomic mass is 19.1. The normalized spacial score (nSPS) is 26.0. The number of benzene rings is 1. The van der Waals surface area contributed by atoms with E-state index in [0.717, 1.165) is 11.1 Å². The zero-order valence-corrected chi connectivity index (χ0v) is 11.5. The minimum Gasteiger partial charge on any atom is -0.324 e. The van der Waals surface area contributed by atoms with Crippen LogP contribution in [0.4, 0.5) is 4.39 Å². The first-order valence-corrected chi connectivity index (χ1v) is 7.14. The van der Waals surface area contributed by atoms with Crippen LogP contribution in [-0.4, -0.2) is 0 Å². The van der Waals surface area contributed by atoms with Gasteiger partial charge in [-0.05, 0) is 48.4 Å². The minimum absolute atomic E-state index is 0.00958. The Morgan fingerprint density at radius 3 is 2.67 bits per heavy atom. The lowest BCUT2D eigenvalue weighted by Gasteiger charge is -2.35. The molecule has 0 aliphatic heterocycles.